The number of rotatable bonds is 7. The lowest BCUT2D eigenvalue weighted by Gasteiger charge is -2.59. The molecule has 1 heterocycles. The molecular weight excluding hydrogens is 422 g/mol. The highest BCUT2D eigenvalue weighted by molar-refractivity contribution is 7.93. The first-order chi connectivity index (χ1) is 15.8. The highest BCUT2D eigenvalue weighted by Gasteiger charge is 2.76. The average molecular weight is 466 g/mol. The zero-order valence-electron chi connectivity index (χ0n) is 20.9. The topological polar surface area (TPSA) is 90.8 Å². The number of nitrogens with zero attached hydrogens (tertiary/aromatic N) is 3. The van der Waals surface area contributed by atoms with Crippen molar-refractivity contribution in [2.45, 2.75) is 102 Å². The van der Waals surface area contributed by atoms with Crippen molar-refractivity contribution in [3.8, 4) is 0 Å². The zero-order valence-corrected chi connectivity index (χ0v) is 20.7. The fraction of sp³-hybridized carbons (Fsp3) is 1.00. The Morgan fingerprint density at radius 2 is 2.12 bits per heavy atom. The SMILES string of the molecule is [3H]CSO[C@H](CN=[N+]=[N-])C[C@H](C)C1CCC2C3CC4OC45CC(O)CC[C@]5(C)C3CC[C@@]21C. The van der Waals surface area contributed by atoms with Crippen molar-refractivity contribution in [1.29, 1.82) is 0 Å². The third-order valence-corrected chi connectivity index (χ3v) is 11.4. The minimum Gasteiger partial charge on any atom is -0.393 e. The van der Waals surface area contributed by atoms with Crippen LogP contribution in [0.3, 0.4) is 0 Å². The van der Waals surface area contributed by atoms with E-state index in [9.17, 15) is 5.11 Å². The van der Waals surface area contributed by atoms with Crippen LogP contribution in [-0.2, 0) is 8.92 Å². The largest absolute Gasteiger partial charge is 0.393 e. The van der Waals surface area contributed by atoms with Crippen LogP contribution in [0.1, 0.15) is 79.9 Å². The third kappa shape index (κ3) is 3.37. The van der Waals surface area contributed by atoms with Crippen molar-refractivity contribution in [3.63, 3.8) is 0 Å². The molecule has 1 spiro atoms. The number of epoxide rings is 1. The molecule has 1 N–H and O–H groups in total. The summed E-state index contributed by atoms with van der Waals surface area (Å²) in [5.41, 5.74) is 9.31. The van der Waals surface area contributed by atoms with Gasteiger partial charge in [0.2, 0.25) is 0 Å². The fourth-order valence-electron chi connectivity index (χ4n) is 9.58. The summed E-state index contributed by atoms with van der Waals surface area (Å²) in [6, 6.07) is 0. The lowest BCUT2D eigenvalue weighted by atomic mass is 9.44. The van der Waals surface area contributed by atoms with Crippen molar-refractivity contribution in [2.24, 2.45) is 45.5 Å². The molecule has 0 amide bonds. The van der Waals surface area contributed by atoms with E-state index in [0.29, 0.717) is 29.9 Å². The summed E-state index contributed by atoms with van der Waals surface area (Å²) in [5.74, 6) is 3.39. The summed E-state index contributed by atoms with van der Waals surface area (Å²) >= 11 is 1.15. The number of aliphatic hydroxyl groups is 1. The Kier molecular flexibility index (Phi) is 5.74. The Morgan fingerprint density at radius 1 is 1.28 bits per heavy atom. The summed E-state index contributed by atoms with van der Waals surface area (Å²) in [4.78, 5) is 2.93. The highest BCUT2D eigenvalue weighted by atomic mass is 32.2. The van der Waals surface area contributed by atoms with Gasteiger partial charge in [0.25, 0.3) is 0 Å². The number of fused-ring (bicyclic) bond motifs is 4. The molecule has 4 saturated carbocycles. The van der Waals surface area contributed by atoms with Crippen LogP contribution < -0.4 is 0 Å². The molecular formula is C25H41N3O3S. The van der Waals surface area contributed by atoms with Crippen molar-refractivity contribution in [1.82, 2.24) is 0 Å². The van der Waals surface area contributed by atoms with E-state index in [1.807, 2.05) is 0 Å². The lowest BCUT2D eigenvalue weighted by molar-refractivity contribution is -0.117. The molecule has 0 aromatic rings. The predicted molar refractivity (Wildman–Crippen MR) is 127 cm³/mol. The number of azide groups is 1. The normalized spacial score (nSPS) is 51.2. The van der Waals surface area contributed by atoms with Crippen LogP contribution in [0.15, 0.2) is 5.11 Å². The second-order valence-electron chi connectivity index (χ2n) is 12.1. The zero-order chi connectivity index (χ0) is 23.4. The number of hydrogen-bond acceptors (Lipinski definition) is 5. The quantitative estimate of drug-likeness (QED) is 0.161. The molecule has 7 unspecified atom stereocenters. The Morgan fingerprint density at radius 3 is 2.91 bits per heavy atom. The maximum absolute atomic E-state index is 10.4. The van der Waals surface area contributed by atoms with Gasteiger partial charge in [-0.2, -0.15) is 0 Å². The molecule has 6 nitrogen and oxygen atoms in total. The molecule has 0 radical (unpaired) electrons. The monoisotopic (exact) mass is 465 g/mol. The van der Waals surface area contributed by atoms with Crippen molar-refractivity contribution < 1.29 is 15.4 Å². The molecule has 180 valence electrons. The molecule has 32 heavy (non-hydrogen) atoms. The van der Waals surface area contributed by atoms with E-state index in [0.717, 1.165) is 55.5 Å². The molecule has 5 aliphatic rings. The first kappa shape index (κ1) is 22.0. The van der Waals surface area contributed by atoms with E-state index < -0.39 is 0 Å². The van der Waals surface area contributed by atoms with Crippen molar-refractivity contribution >= 4 is 12.0 Å². The molecule has 7 heteroatoms. The van der Waals surface area contributed by atoms with Gasteiger partial charge < -0.3 is 14.0 Å². The van der Waals surface area contributed by atoms with Crippen LogP contribution in [0, 0.1) is 40.4 Å². The molecule has 0 aromatic heterocycles. The minimum absolute atomic E-state index is 0.0355. The molecule has 0 bridgehead atoms. The van der Waals surface area contributed by atoms with Crippen molar-refractivity contribution in [2.75, 3.05) is 12.8 Å². The average Bonchev–Trinajstić information content (AvgIpc) is 3.36. The molecule has 1 aliphatic heterocycles. The second-order valence-corrected chi connectivity index (χ2v) is 12.5. The number of ether oxygens (including phenoxy) is 1. The summed E-state index contributed by atoms with van der Waals surface area (Å²) < 4.78 is 19.7. The second kappa shape index (κ2) is 8.34. The van der Waals surface area contributed by atoms with Crippen LogP contribution in [0.2, 0.25) is 0 Å². The maximum Gasteiger partial charge on any atom is 0.103 e. The molecule has 5 fully saturated rings. The van der Waals surface area contributed by atoms with Crippen LogP contribution >= 0.6 is 12.0 Å². The Hall–Kier alpha value is -0.460. The first-order valence-corrected chi connectivity index (χ1v) is 13.6. The number of aliphatic hydroxyl groups excluding tert-OH is 1. The van der Waals surface area contributed by atoms with Crippen LogP contribution in [-0.4, -0.2) is 41.8 Å². The van der Waals surface area contributed by atoms with Gasteiger partial charge in [-0.05, 0) is 104 Å². The summed E-state index contributed by atoms with van der Waals surface area (Å²) in [5, 5.41) is 14.2. The molecule has 4 aliphatic carbocycles. The van der Waals surface area contributed by atoms with Crippen LogP contribution in [0.5, 0.6) is 0 Å². The predicted octanol–water partition coefficient (Wildman–Crippen LogP) is 6.14. The Labute approximate surface area is 198 Å². The van der Waals surface area contributed by atoms with Gasteiger partial charge in [-0.25, -0.2) is 0 Å². The molecule has 1 saturated heterocycles. The first-order valence-electron chi connectivity index (χ1n) is 13.4. The third-order valence-electron chi connectivity index (χ3n) is 11.0. The van der Waals surface area contributed by atoms with Gasteiger partial charge in [-0.1, -0.05) is 25.9 Å². The summed E-state index contributed by atoms with van der Waals surface area (Å²) in [7, 11) is 0. The summed E-state index contributed by atoms with van der Waals surface area (Å²) in [6.07, 6.45) is 10.4. The van der Waals surface area contributed by atoms with Crippen LogP contribution in [0.25, 0.3) is 10.4 Å². The smallest absolute Gasteiger partial charge is 0.103 e. The van der Waals surface area contributed by atoms with E-state index in [1.54, 1.807) is 0 Å². The van der Waals surface area contributed by atoms with Gasteiger partial charge in [0, 0.05) is 24.4 Å². The Bertz CT molecular complexity index is 799. The van der Waals surface area contributed by atoms with Gasteiger partial charge in [-0.15, -0.1) is 0 Å². The maximum atomic E-state index is 10.4. The molecule has 5 rings (SSSR count). The Balaban J connectivity index is 1.31. The van der Waals surface area contributed by atoms with Crippen LogP contribution in [0.4, 0.5) is 0 Å². The van der Waals surface area contributed by atoms with Gasteiger partial charge in [-0.3, -0.25) is 0 Å². The van der Waals surface area contributed by atoms with Gasteiger partial charge >= 0.3 is 0 Å². The van der Waals surface area contributed by atoms with Gasteiger partial charge in [0.1, 0.15) is 5.60 Å². The summed E-state index contributed by atoms with van der Waals surface area (Å²) in [6.45, 7) is 7.76. The van der Waals surface area contributed by atoms with Gasteiger partial charge in [0.15, 0.2) is 0 Å². The van der Waals surface area contributed by atoms with E-state index >= 15 is 0 Å². The fourth-order valence-corrected chi connectivity index (χ4v) is 9.91. The van der Waals surface area contributed by atoms with E-state index in [4.69, 9.17) is 15.8 Å². The molecule has 11 atom stereocenters. The standard InChI is InChI=1S/C25H41N3O3S/c1-15(11-17(31-32-4)14-27-28-26)19-5-6-20-18-12-22-25(30-22)13-16(29)7-10-24(25,3)21(18)8-9-23(19,20)2/h15-22,29H,5-14H2,1-4H3/t15-,16?,17-,18?,19?,20?,21?,22?,23+,24+,25?/m0/s1/i4T. The minimum atomic E-state index is -0.182. The van der Waals surface area contributed by atoms with Gasteiger partial charge in [0.05, 0.1) is 24.9 Å². The molecule has 0 aromatic carbocycles. The lowest BCUT2D eigenvalue weighted by Crippen LogP contribution is -2.58. The van der Waals surface area contributed by atoms with E-state index in [1.165, 1.54) is 32.1 Å². The van der Waals surface area contributed by atoms with Crippen molar-refractivity contribution in [3.05, 3.63) is 10.4 Å². The van der Waals surface area contributed by atoms with E-state index in [-0.39, 0.29) is 29.5 Å². The number of hydrogen-bond donors (Lipinski definition) is 1. The highest BCUT2D eigenvalue weighted by Crippen LogP contribution is 2.74. The van der Waals surface area contributed by atoms with E-state index in [2.05, 4.69) is 30.8 Å².